The molecular formula is C15H18N4O. The smallest absolute Gasteiger partial charge is 0.256 e. The molecule has 5 heteroatoms. The van der Waals surface area contributed by atoms with Crippen LogP contribution in [0, 0.1) is 0 Å². The fraction of sp³-hybridized carbons (Fsp3) is 0.333. The number of nitrogens with zero attached hydrogens (tertiary/aromatic N) is 2. The van der Waals surface area contributed by atoms with Gasteiger partial charge in [-0.15, -0.1) is 0 Å². The minimum Gasteiger partial charge on any atom is -0.336 e. The van der Waals surface area contributed by atoms with Crippen LogP contribution in [0.4, 0.5) is 5.82 Å². The number of rotatable bonds is 3. The molecule has 0 radical (unpaired) electrons. The molecule has 2 aromatic rings. The van der Waals surface area contributed by atoms with Crippen LogP contribution >= 0.6 is 0 Å². The lowest BCUT2D eigenvalue weighted by atomic mass is 9.98. The number of carbonyl (C=O) groups excluding carboxylic acids is 1. The van der Waals surface area contributed by atoms with Gasteiger partial charge in [0.1, 0.15) is 0 Å². The standard InChI is InChI=1S/C15H18N4O/c1-2-19-9-14(17-10-19)18-15(20)12-3-4-13-8-16-6-5-11(13)7-12/h3-4,7,9-10,16H,2,5-6,8H2,1H3,(H,18,20). The highest BCUT2D eigenvalue weighted by molar-refractivity contribution is 6.03. The van der Waals surface area contributed by atoms with E-state index in [2.05, 4.69) is 15.6 Å². The highest BCUT2D eigenvalue weighted by Gasteiger charge is 2.13. The van der Waals surface area contributed by atoms with Gasteiger partial charge in [0.25, 0.3) is 5.91 Å². The molecule has 1 aromatic heterocycles. The zero-order chi connectivity index (χ0) is 13.9. The molecule has 0 spiro atoms. The number of hydrogen-bond acceptors (Lipinski definition) is 3. The number of fused-ring (bicyclic) bond motifs is 1. The van der Waals surface area contributed by atoms with Gasteiger partial charge in [0.05, 0.1) is 6.33 Å². The van der Waals surface area contributed by atoms with Crippen molar-refractivity contribution in [2.75, 3.05) is 11.9 Å². The lowest BCUT2D eigenvalue weighted by Crippen LogP contribution is -2.24. The molecule has 2 heterocycles. The Morgan fingerprint density at radius 3 is 3.15 bits per heavy atom. The maximum Gasteiger partial charge on any atom is 0.256 e. The monoisotopic (exact) mass is 270 g/mol. The van der Waals surface area contributed by atoms with E-state index in [0.717, 1.165) is 26.1 Å². The van der Waals surface area contributed by atoms with Crippen molar-refractivity contribution < 1.29 is 4.79 Å². The maximum absolute atomic E-state index is 12.2. The molecule has 2 N–H and O–H groups in total. The summed E-state index contributed by atoms with van der Waals surface area (Å²) in [5.41, 5.74) is 3.23. The van der Waals surface area contributed by atoms with Crippen LogP contribution in [-0.4, -0.2) is 22.0 Å². The van der Waals surface area contributed by atoms with E-state index in [-0.39, 0.29) is 5.91 Å². The molecule has 1 aromatic carbocycles. The number of benzene rings is 1. The van der Waals surface area contributed by atoms with Gasteiger partial charge in [0, 0.05) is 24.8 Å². The fourth-order valence-corrected chi connectivity index (χ4v) is 2.40. The number of nitrogens with one attached hydrogen (secondary N) is 2. The molecule has 3 rings (SSSR count). The topological polar surface area (TPSA) is 59.0 Å². The van der Waals surface area contributed by atoms with E-state index in [1.807, 2.05) is 35.9 Å². The Morgan fingerprint density at radius 2 is 2.35 bits per heavy atom. The Bertz CT molecular complexity index is 633. The van der Waals surface area contributed by atoms with Crippen LogP contribution in [0.2, 0.25) is 0 Å². The van der Waals surface area contributed by atoms with Crippen molar-refractivity contribution >= 4 is 11.7 Å². The lowest BCUT2D eigenvalue weighted by molar-refractivity contribution is 0.102. The Hall–Kier alpha value is -2.14. The van der Waals surface area contributed by atoms with Crippen molar-refractivity contribution in [2.24, 2.45) is 0 Å². The third kappa shape index (κ3) is 2.58. The third-order valence-corrected chi connectivity index (χ3v) is 3.60. The molecule has 0 atom stereocenters. The van der Waals surface area contributed by atoms with E-state index < -0.39 is 0 Å². The second-order valence-corrected chi connectivity index (χ2v) is 4.95. The Morgan fingerprint density at radius 1 is 1.45 bits per heavy atom. The highest BCUT2D eigenvalue weighted by Crippen LogP contribution is 2.16. The van der Waals surface area contributed by atoms with E-state index in [1.165, 1.54) is 11.1 Å². The molecule has 0 aliphatic carbocycles. The summed E-state index contributed by atoms with van der Waals surface area (Å²) in [5.74, 6) is 0.490. The van der Waals surface area contributed by atoms with Gasteiger partial charge < -0.3 is 15.2 Å². The number of aromatic nitrogens is 2. The van der Waals surface area contributed by atoms with Gasteiger partial charge in [-0.3, -0.25) is 4.79 Å². The van der Waals surface area contributed by atoms with Gasteiger partial charge in [-0.1, -0.05) is 6.07 Å². The van der Waals surface area contributed by atoms with Gasteiger partial charge in [-0.25, -0.2) is 4.98 Å². The molecule has 104 valence electrons. The molecule has 0 unspecified atom stereocenters. The predicted octanol–water partition coefficient (Wildman–Crippen LogP) is 1.80. The lowest BCUT2D eigenvalue weighted by Gasteiger charge is -2.17. The van der Waals surface area contributed by atoms with Gasteiger partial charge >= 0.3 is 0 Å². The van der Waals surface area contributed by atoms with Crippen molar-refractivity contribution in [1.82, 2.24) is 14.9 Å². The summed E-state index contributed by atoms with van der Waals surface area (Å²) < 4.78 is 1.92. The number of aryl methyl sites for hydroxylation is 1. The molecule has 20 heavy (non-hydrogen) atoms. The number of imidazole rings is 1. The van der Waals surface area contributed by atoms with Crippen molar-refractivity contribution in [3.63, 3.8) is 0 Å². The number of hydrogen-bond donors (Lipinski definition) is 2. The zero-order valence-electron chi connectivity index (χ0n) is 11.5. The molecule has 0 fully saturated rings. The second kappa shape index (κ2) is 5.46. The third-order valence-electron chi connectivity index (χ3n) is 3.60. The summed E-state index contributed by atoms with van der Waals surface area (Å²) in [6, 6.07) is 5.89. The van der Waals surface area contributed by atoms with Crippen molar-refractivity contribution in [2.45, 2.75) is 26.4 Å². The first-order valence-electron chi connectivity index (χ1n) is 6.92. The normalized spacial score (nSPS) is 13.8. The van der Waals surface area contributed by atoms with Crippen molar-refractivity contribution in [3.8, 4) is 0 Å². The van der Waals surface area contributed by atoms with Crippen LogP contribution in [0.5, 0.6) is 0 Å². The summed E-state index contributed by atoms with van der Waals surface area (Å²) in [7, 11) is 0. The fourth-order valence-electron chi connectivity index (χ4n) is 2.40. The summed E-state index contributed by atoms with van der Waals surface area (Å²) in [6.45, 7) is 4.73. The number of anilines is 1. The Labute approximate surface area is 118 Å². The number of carbonyl (C=O) groups is 1. The molecule has 1 amide bonds. The van der Waals surface area contributed by atoms with Crippen LogP contribution in [0.3, 0.4) is 0 Å². The van der Waals surface area contributed by atoms with Crippen molar-refractivity contribution in [3.05, 3.63) is 47.4 Å². The summed E-state index contributed by atoms with van der Waals surface area (Å²) in [5, 5.41) is 6.16. The Kier molecular flexibility index (Phi) is 3.52. The minimum absolute atomic E-state index is 0.104. The molecule has 0 saturated carbocycles. The molecule has 5 nitrogen and oxygen atoms in total. The first-order valence-corrected chi connectivity index (χ1v) is 6.92. The van der Waals surface area contributed by atoms with Gasteiger partial charge in [0.2, 0.25) is 0 Å². The average Bonchev–Trinajstić information content (AvgIpc) is 2.94. The largest absolute Gasteiger partial charge is 0.336 e. The minimum atomic E-state index is -0.104. The first-order chi connectivity index (χ1) is 9.76. The van der Waals surface area contributed by atoms with Crippen LogP contribution in [0.25, 0.3) is 0 Å². The zero-order valence-corrected chi connectivity index (χ0v) is 11.5. The van der Waals surface area contributed by atoms with Crippen LogP contribution in [0.15, 0.2) is 30.7 Å². The van der Waals surface area contributed by atoms with Gasteiger partial charge in [-0.05, 0) is 43.1 Å². The predicted molar refractivity (Wildman–Crippen MR) is 77.7 cm³/mol. The molecule has 1 aliphatic rings. The Balaban J connectivity index is 1.76. The van der Waals surface area contributed by atoms with Gasteiger partial charge in [0.15, 0.2) is 5.82 Å². The van der Waals surface area contributed by atoms with Crippen LogP contribution < -0.4 is 10.6 Å². The average molecular weight is 270 g/mol. The van der Waals surface area contributed by atoms with E-state index in [4.69, 9.17) is 0 Å². The molecule has 0 bridgehead atoms. The molecule has 0 saturated heterocycles. The first kappa shape index (κ1) is 12.9. The van der Waals surface area contributed by atoms with E-state index >= 15 is 0 Å². The van der Waals surface area contributed by atoms with Crippen LogP contribution in [-0.2, 0) is 19.5 Å². The summed E-state index contributed by atoms with van der Waals surface area (Å²) in [4.78, 5) is 16.4. The van der Waals surface area contributed by atoms with E-state index in [9.17, 15) is 4.79 Å². The van der Waals surface area contributed by atoms with E-state index in [0.29, 0.717) is 11.4 Å². The summed E-state index contributed by atoms with van der Waals surface area (Å²) in [6.07, 6.45) is 4.52. The SMILES string of the molecule is CCn1cnc(NC(=O)c2ccc3c(c2)CCNC3)c1. The highest BCUT2D eigenvalue weighted by atomic mass is 16.1. The van der Waals surface area contributed by atoms with Gasteiger partial charge in [-0.2, -0.15) is 0 Å². The maximum atomic E-state index is 12.2. The molecular weight excluding hydrogens is 252 g/mol. The second-order valence-electron chi connectivity index (χ2n) is 4.95. The van der Waals surface area contributed by atoms with Crippen molar-refractivity contribution in [1.29, 1.82) is 0 Å². The number of amides is 1. The summed E-state index contributed by atoms with van der Waals surface area (Å²) >= 11 is 0. The van der Waals surface area contributed by atoms with Crippen LogP contribution in [0.1, 0.15) is 28.4 Å². The quantitative estimate of drug-likeness (QED) is 0.894. The molecule has 1 aliphatic heterocycles. The van der Waals surface area contributed by atoms with E-state index in [1.54, 1.807) is 6.33 Å².